The van der Waals surface area contributed by atoms with Gasteiger partial charge in [-0.3, -0.25) is 4.79 Å². The third kappa shape index (κ3) is 12.8. The quantitative estimate of drug-likeness (QED) is 0.248. The van der Waals surface area contributed by atoms with Crippen molar-refractivity contribution in [1.29, 1.82) is 0 Å². The Morgan fingerprint density at radius 2 is 1.54 bits per heavy atom. The van der Waals surface area contributed by atoms with Crippen LogP contribution in [0, 0.1) is 0 Å². The van der Waals surface area contributed by atoms with E-state index in [-0.39, 0.29) is 5.97 Å². The Hall–Kier alpha value is -0.570. The first-order chi connectivity index (χ1) is 11.8. The van der Waals surface area contributed by atoms with Crippen molar-refractivity contribution in [1.82, 2.24) is 0 Å². The lowest BCUT2D eigenvalue weighted by molar-refractivity contribution is -0.144. The molecule has 0 saturated carbocycles. The summed E-state index contributed by atoms with van der Waals surface area (Å²) in [4.78, 5) is 11.6. The molecule has 1 aliphatic rings. The first-order valence-electron chi connectivity index (χ1n) is 10.6. The van der Waals surface area contributed by atoms with Gasteiger partial charge in [0.25, 0.3) is 0 Å². The molecule has 0 bridgehead atoms. The van der Waals surface area contributed by atoms with Crippen LogP contribution in [0.5, 0.6) is 0 Å². The normalized spacial score (nSPS) is 17.3. The van der Waals surface area contributed by atoms with Crippen molar-refractivity contribution in [3.63, 3.8) is 0 Å². The molecule has 142 valence electrons. The average molecular weight is 341 g/mol. The van der Waals surface area contributed by atoms with Gasteiger partial charge in [-0.05, 0) is 32.1 Å². The molecule has 1 fully saturated rings. The standard InChI is InChI=1S/C21H40O3/c1-2-3-4-5-6-7-8-9-10-11-12-17-21(22)24-19-14-16-20-15-13-18-23-20/h20H,2-19H2,1H3. The minimum atomic E-state index is -0.0155. The maximum Gasteiger partial charge on any atom is 0.305 e. The molecule has 0 aromatic heterocycles. The summed E-state index contributed by atoms with van der Waals surface area (Å²) in [6.45, 7) is 3.74. The van der Waals surface area contributed by atoms with Gasteiger partial charge >= 0.3 is 5.97 Å². The monoisotopic (exact) mass is 340 g/mol. The van der Waals surface area contributed by atoms with Crippen molar-refractivity contribution in [2.45, 2.75) is 116 Å². The van der Waals surface area contributed by atoms with Crippen LogP contribution in [0.3, 0.4) is 0 Å². The molecule has 1 rings (SSSR count). The van der Waals surface area contributed by atoms with Gasteiger partial charge in [0.2, 0.25) is 0 Å². The molecule has 0 spiro atoms. The van der Waals surface area contributed by atoms with Crippen molar-refractivity contribution in [2.24, 2.45) is 0 Å². The Morgan fingerprint density at radius 1 is 0.917 bits per heavy atom. The molecule has 1 saturated heterocycles. The highest BCUT2D eigenvalue weighted by Crippen LogP contribution is 2.17. The Bertz CT molecular complexity index is 285. The number of esters is 1. The molecular formula is C21H40O3. The van der Waals surface area contributed by atoms with E-state index >= 15 is 0 Å². The van der Waals surface area contributed by atoms with Crippen molar-refractivity contribution >= 4 is 5.97 Å². The van der Waals surface area contributed by atoms with Gasteiger partial charge in [0.15, 0.2) is 0 Å². The lowest BCUT2D eigenvalue weighted by Crippen LogP contribution is -2.09. The Labute approximate surface area is 149 Å². The fourth-order valence-electron chi connectivity index (χ4n) is 3.37. The number of hydrogen-bond donors (Lipinski definition) is 0. The summed E-state index contributed by atoms with van der Waals surface area (Å²) in [5.41, 5.74) is 0. The summed E-state index contributed by atoms with van der Waals surface area (Å²) in [6.07, 6.45) is 19.8. The van der Waals surface area contributed by atoms with Gasteiger partial charge in [-0.15, -0.1) is 0 Å². The highest BCUT2D eigenvalue weighted by atomic mass is 16.5. The smallest absolute Gasteiger partial charge is 0.305 e. The number of carbonyl (C=O) groups excluding carboxylic acids is 1. The molecule has 1 atom stereocenters. The first-order valence-corrected chi connectivity index (χ1v) is 10.6. The van der Waals surface area contributed by atoms with Crippen LogP contribution in [-0.2, 0) is 14.3 Å². The number of unbranched alkanes of at least 4 members (excludes halogenated alkanes) is 10. The van der Waals surface area contributed by atoms with Crippen molar-refractivity contribution < 1.29 is 14.3 Å². The van der Waals surface area contributed by atoms with Gasteiger partial charge in [-0.25, -0.2) is 0 Å². The van der Waals surface area contributed by atoms with E-state index in [1.165, 1.54) is 77.0 Å². The van der Waals surface area contributed by atoms with Gasteiger partial charge in [0.1, 0.15) is 0 Å². The van der Waals surface area contributed by atoms with E-state index in [4.69, 9.17) is 9.47 Å². The van der Waals surface area contributed by atoms with Crippen LogP contribution in [0.2, 0.25) is 0 Å². The zero-order valence-corrected chi connectivity index (χ0v) is 16.0. The SMILES string of the molecule is CCCCCCCCCCCCCC(=O)OCCCC1CCCO1. The Balaban J connectivity index is 1.74. The zero-order valence-electron chi connectivity index (χ0n) is 16.0. The molecule has 3 nitrogen and oxygen atoms in total. The van der Waals surface area contributed by atoms with E-state index in [0.29, 0.717) is 19.1 Å². The third-order valence-electron chi connectivity index (χ3n) is 4.94. The summed E-state index contributed by atoms with van der Waals surface area (Å²) >= 11 is 0. The highest BCUT2D eigenvalue weighted by molar-refractivity contribution is 5.69. The van der Waals surface area contributed by atoms with Gasteiger partial charge in [-0.2, -0.15) is 0 Å². The van der Waals surface area contributed by atoms with Crippen LogP contribution in [-0.4, -0.2) is 25.3 Å². The molecule has 0 amide bonds. The number of hydrogen-bond acceptors (Lipinski definition) is 3. The maximum absolute atomic E-state index is 11.6. The molecule has 0 aliphatic carbocycles. The van der Waals surface area contributed by atoms with E-state index in [0.717, 1.165) is 25.9 Å². The van der Waals surface area contributed by atoms with Gasteiger partial charge in [-0.1, -0.05) is 71.1 Å². The molecule has 0 N–H and O–H groups in total. The zero-order chi connectivity index (χ0) is 17.3. The molecule has 1 aliphatic heterocycles. The second-order valence-electron chi connectivity index (χ2n) is 7.28. The predicted molar refractivity (Wildman–Crippen MR) is 100 cm³/mol. The largest absolute Gasteiger partial charge is 0.466 e. The van der Waals surface area contributed by atoms with Crippen LogP contribution in [0.4, 0.5) is 0 Å². The van der Waals surface area contributed by atoms with E-state index in [2.05, 4.69) is 6.92 Å². The number of carbonyl (C=O) groups is 1. The van der Waals surface area contributed by atoms with Gasteiger partial charge in [0, 0.05) is 13.0 Å². The van der Waals surface area contributed by atoms with E-state index in [1.54, 1.807) is 0 Å². The summed E-state index contributed by atoms with van der Waals surface area (Å²) < 4.78 is 10.9. The van der Waals surface area contributed by atoms with E-state index in [1.807, 2.05) is 0 Å². The van der Waals surface area contributed by atoms with E-state index in [9.17, 15) is 4.79 Å². The summed E-state index contributed by atoms with van der Waals surface area (Å²) in [5, 5.41) is 0. The van der Waals surface area contributed by atoms with Crippen molar-refractivity contribution in [3.8, 4) is 0 Å². The third-order valence-corrected chi connectivity index (χ3v) is 4.94. The summed E-state index contributed by atoms with van der Waals surface area (Å²) in [7, 11) is 0. The first kappa shape index (κ1) is 21.5. The van der Waals surface area contributed by atoms with Crippen molar-refractivity contribution in [3.05, 3.63) is 0 Å². The maximum atomic E-state index is 11.6. The average Bonchev–Trinajstić information content (AvgIpc) is 3.10. The summed E-state index contributed by atoms with van der Waals surface area (Å²) in [5.74, 6) is -0.0155. The molecule has 0 aromatic carbocycles. The Kier molecular flexibility index (Phi) is 14.3. The molecule has 1 unspecified atom stereocenters. The second kappa shape index (κ2) is 15.9. The van der Waals surface area contributed by atoms with Gasteiger partial charge < -0.3 is 9.47 Å². The fraction of sp³-hybridized carbons (Fsp3) is 0.952. The number of rotatable bonds is 16. The van der Waals surface area contributed by atoms with Crippen molar-refractivity contribution in [2.75, 3.05) is 13.2 Å². The molecule has 0 radical (unpaired) electrons. The topological polar surface area (TPSA) is 35.5 Å². The molecule has 3 heteroatoms. The molecule has 0 aromatic rings. The highest BCUT2D eigenvalue weighted by Gasteiger charge is 2.14. The lowest BCUT2D eigenvalue weighted by atomic mass is 10.1. The van der Waals surface area contributed by atoms with Crippen LogP contribution >= 0.6 is 0 Å². The van der Waals surface area contributed by atoms with Gasteiger partial charge in [0.05, 0.1) is 12.7 Å². The fourth-order valence-corrected chi connectivity index (χ4v) is 3.37. The molecule has 1 heterocycles. The van der Waals surface area contributed by atoms with Crippen LogP contribution in [0.25, 0.3) is 0 Å². The van der Waals surface area contributed by atoms with Crippen LogP contribution in [0.1, 0.15) is 110 Å². The number of ether oxygens (including phenoxy) is 2. The summed E-state index contributed by atoms with van der Waals surface area (Å²) in [6, 6.07) is 0. The second-order valence-corrected chi connectivity index (χ2v) is 7.28. The Morgan fingerprint density at radius 3 is 2.12 bits per heavy atom. The molecule has 24 heavy (non-hydrogen) atoms. The van der Waals surface area contributed by atoms with Crippen LogP contribution < -0.4 is 0 Å². The van der Waals surface area contributed by atoms with E-state index < -0.39 is 0 Å². The molecular weight excluding hydrogens is 300 g/mol. The van der Waals surface area contributed by atoms with Crippen LogP contribution in [0.15, 0.2) is 0 Å². The predicted octanol–water partition coefficient (Wildman–Crippen LogP) is 6.19. The lowest BCUT2D eigenvalue weighted by Gasteiger charge is -2.09. The minimum absolute atomic E-state index is 0.0155. The minimum Gasteiger partial charge on any atom is -0.466 e.